The third-order valence-corrected chi connectivity index (χ3v) is 5.60. The monoisotopic (exact) mass is 386 g/mol. The van der Waals surface area contributed by atoms with E-state index in [0.717, 1.165) is 22.4 Å². The first-order valence-corrected chi connectivity index (χ1v) is 9.60. The van der Waals surface area contributed by atoms with Crippen molar-refractivity contribution >= 4 is 12.2 Å². The number of benzene rings is 2. The molecule has 0 saturated carbocycles. The normalized spacial score (nSPS) is 20.4. The molecule has 1 amide bonds. The van der Waals surface area contributed by atoms with Crippen LogP contribution < -0.4 is 0 Å². The van der Waals surface area contributed by atoms with Gasteiger partial charge in [-0.3, -0.25) is 9.88 Å². The number of halogens is 1. The summed E-state index contributed by atoms with van der Waals surface area (Å²) in [7, 11) is 0. The number of aromatic nitrogens is 1. The highest BCUT2D eigenvalue weighted by molar-refractivity contribution is 5.72. The Labute approximate surface area is 168 Å². The second-order valence-electron chi connectivity index (χ2n) is 7.34. The van der Waals surface area contributed by atoms with Gasteiger partial charge < -0.3 is 4.74 Å². The number of carbonyl (C=O) groups excluding carboxylic acids is 1. The van der Waals surface area contributed by atoms with E-state index in [-0.39, 0.29) is 23.9 Å². The Morgan fingerprint density at radius 3 is 2.79 bits per heavy atom. The molecule has 3 heterocycles. The number of carbonyl (C=O) groups is 1. The summed E-state index contributed by atoms with van der Waals surface area (Å²) < 4.78 is 18.7. The molecule has 3 aromatic rings. The van der Waals surface area contributed by atoms with Gasteiger partial charge in [-0.15, -0.1) is 0 Å². The molecule has 1 aromatic heterocycles. The lowest BCUT2D eigenvalue weighted by molar-refractivity contribution is 0.154. The van der Waals surface area contributed by atoms with Crippen molar-refractivity contribution in [1.29, 1.82) is 0 Å². The van der Waals surface area contributed by atoms with Crippen molar-refractivity contribution in [2.24, 2.45) is 0 Å². The maximum Gasteiger partial charge on any atom is 0.410 e. The molecule has 5 heteroatoms. The Morgan fingerprint density at radius 2 is 1.97 bits per heavy atom. The average Bonchev–Trinajstić information content (AvgIpc) is 3.12. The number of rotatable bonds is 3. The largest absolute Gasteiger partial charge is 0.447 e. The van der Waals surface area contributed by atoms with Gasteiger partial charge in [-0.1, -0.05) is 48.5 Å². The Hall–Kier alpha value is -3.47. The highest BCUT2D eigenvalue weighted by Gasteiger charge is 2.42. The maximum atomic E-state index is 13.4. The number of fused-ring (bicyclic) bond motifs is 2. The molecule has 0 radical (unpaired) electrons. The van der Waals surface area contributed by atoms with Crippen LogP contribution in [0.3, 0.4) is 0 Å². The lowest BCUT2D eigenvalue weighted by Gasteiger charge is -2.34. The Kier molecular flexibility index (Phi) is 4.35. The lowest BCUT2D eigenvalue weighted by Crippen LogP contribution is -2.41. The van der Waals surface area contributed by atoms with Gasteiger partial charge in [-0.05, 0) is 41.0 Å². The van der Waals surface area contributed by atoms with Gasteiger partial charge >= 0.3 is 6.09 Å². The van der Waals surface area contributed by atoms with Crippen LogP contribution in [0.4, 0.5) is 9.18 Å². The van der Waals surface area contributed by atoms with Crippen LogP contribution in [0.5, 0.6) is 0 Å². The average molecular weight is 386 g/mol. The zero-order valence-corrected chi connectivity index (χ0v) is 15.7. The smallest absolute Gasteiger partial charge is 0.410 e. The van der Waals surface area contributed by atoms with E-state index in [0.29, 0.717) is 13.2 Å². The minimum absolute atomic E-state index is 0.000201. The number of ether oxygens (including phenoxy) is 1. The topological polar surface area (TPSA) is 42.4 Å². The van der Waals surface area contributed by atoms with Crippen LogP contribution in [0.2, 0.25) is 0 Å². The second-order valence-corrected chi connectivity index (χ2v) is 7.34. The minimum atomic E-state index is -0.264. The first kappa shape index (κ1) is 17.6. The van der Waals surface area contributed by atoms with E-state index in [9.17, 15) is 9.18 Å². The van der Waals surface area contributed by atoms with Gasteiger partial charge in [0.2, 0.25) is 0 Å². The highest BCUT2D eigenvalue weighted by Crippen LogP contribution is 2.37. The molecule has 2 atom stereocenters. The minimum Gasteiger partial charge on any atom is -0.447 e. The van der Waals surface area contributed by atoms with Crippen molar-refractivity contribution < 1.29 is 13.9 Å². The van der Waals surface area contributed by atoms with Crippen molar-refractivity contribution in [2.45, 2.75) is 18.5 Å². The zero-order chi connectivity index (χ0) is 19.8. The van der Waals surface area contributed by atoms with E-state index >= 15 is 0 Å². The van der Waals surface area contributed by atoms with Crippen LogP contribution in [0.1, 0.15) is 22.7 Å². The molecule has 1 fully saturated rings. The first-order valence-electron chi connectivity index (χ1n) is 9.60. The van der Waals surface area contributed by atoms with Crippen LogP contribution in [0, 0.1) is 5.82 Å². The molecule has 1 saturated heterocycles. The third-order valence-electron chi connectivity index (χ3n) is 5.60. The summed E-state index contributed by atoms with van der Waals surface area (Å²) in [5.74, 6) is -0.212. The van der Waals surface area contributed by atoms with E-state index in [1.165, 1.54) is 17.7 Å². The maximum absolute atomic E-state index is 13.4. The van der Waals surface area contributed by atoms with Crippen molar-refractivity contribution in [3.05, 3.63) is 95.6 Å². The summed E-state index contributed by atoms with van der Waals surface area (Å²) in [5.41, 5.74) is 4.84. The quantitative estimate of drug-likeness (QED) is 0.635. The molecule has 0 spiro atoms. The van der Waals surface area contributed by atoms with Crippen molar-refractivity contribution in [1.82, 2.24) is 9.88 Å². The molecule has 0 N–H and O–H groups in total. The molecule has 4 nitrogen and oxygen atoms in total. The fourth-order valence-electron chi connectivity index (χ4n) is 4.12. The molecule has 5 rings (SSSR count). The van der Waals surface area contributed by atoms with Crippen LogP contribution in [0.25, 0.3) is 17.2 Å². The summed E-state index contributed by atoms with van der Waals surface area (Å²) in [6.07, 6.45) is 5.57. The van der Waals surface area contributed by atoms with E-state index in [2.05, 4.69) is 23.2 Å². The SMILES string of the molecule is O=C1OCC2C(C=Cc3ccc(-c4cccc(F)c4)cn3)c3ccccc3CN12. The second kappa shape index (κ2) is 7.17. The van der Waals surface area contributed by atoms with Crippen LogP contribution in [0.15, 0.2) is 72.9 Å². The Balaban J connectivity index is 1.42. The molecule has 2 unspecified atom stereocenters. The summed E-state index contributed by atoms with van der Waals surface area (Å²) >= 11 is 0. The van der Waals surface area contributed by atoms with E-state index in [4.69, 9.17) is 4.74 Å². The Bertz CT molecular complexity index is 1090. The molecular weight excluding hydrogens is 367 g/mol. The summed E-state index contributed by atoms with van der Waals surface area (Å²) in [4.78, 5) is 18.4. The van der Waals surface area contributed by atoms with E-state index < -0.39 is 0 Å². The predicted molar refractivity (Wildman–Crippen MR) is 109 cm³/mol. The summed E-state index contributed by atoms with van der Waals surface area (Å²) in [6.45, 7) is 0.985. The Morgan fingerprint density at radius 1 is 1.07 bits per heavy atom. The van der Waals surface area contributed by atoms with Crippen LogP contribution in [-0.4, -0.2) is 28.6 Å². The van der Waals surface area contributed by atoms with E-state index in [1.807, 2.05) is 36.4 Å². The first-order chi connectivity index (χ1) is 14.2. The predicted octanol–water partition coefficient (Wildman–Crippen LogP) is 5.02. The number of nitrogens with zero attached hydrogens (tertiary/aromatic N) is 2. The van der Waals surface area contributed by atoms with Gasteiger partial charge in [0.15, 0.2) is 0 Å². The van der Waals surface area contributed by atoms with Gasteiger partial charge in [0.25, 0.3) is 0 Å². The molecule has 0 bridgehead atoms. The summed E-state index contributed by atoms with van der Waals surface area (Å²) in [5, 5.41) is 0. The van der Waals surface area contributed by atoms with Gasteiger partial charge in [0, 0.05) is 24.2 Å². The van der Waals surface area contributed by atoms with Crippen molar-refractivity contribution in [2.75, 3.05) is 6.61 Å². The van der Waals surface area contributed by atoms with Gasteiger partial charge in [0.1, 0.15) is 12.4 Å². The molecule has 144 valence electrons. The molecule has 2 aromatic carbocycles. The number of cyclic esters (lactones) is 1. The molecule has 2 aliphatic rings. The fourth-order valence-corrected chi connectivity index (χ4v) is 4.12. The highest BCUT2D eigenvalue weighted by atomic mass is 19.1. The number of hydrogen-bond acceptors (Lipinski definition) is 3. The number of amides is 1. The third kappa shape index (κ3) is 3.29. The van der Waals surface area contributed by atoms with Gasteiger partial charge in [-0.25, -0.2) is 9.18 Å². The number of pyridine rings is 1. The zero-order valence-electron chi connectivity index (χ0n) is 15.7. The van der Waals surface area contributed by atoms with Gasteiger partial charge in [0.05, 0.1) is 11.7 Å². The number of hydrogen-bond donors (Lipinski definition) is 0. The molecular formula is C24H19FN2O2. The van der Waals surface area contributed by atoms with Crippen LogP contribution >= 0.6 is 0 Å². The molecule has 29 heavy (non-hydrogen) atoms. The van der Waals surface area contributed by atoms with Crippen LogP contribution in [-0.2, 0) is 11.3 Å². The van der Waals surface area contributed by atoms with E-state index in [1.54, 1.807) is 17.2 Å². The molecule has 0 aliphatic carbocycles. The van der Waals surface area contributed by atoms with Crippen molar-refractivity contribution in [3.8, 4) is 11.1 Å². The van der Waals surface area contributed by atoms with Crippen molar-refractivity contribution in [3.63, 3.8) is 0 Å². The fraction of sp³-hybridized carbons (Fsp3) is 0.167. The summed E-state index contributed by atoms with van der Waals surface area (Å²) in [6, 6.07) is 18.5. The lowest BCUT2D eigenvalue weighted by atomic mass is 9.84. The molecule has 2 aliphatic heterocycles. The standard InChI is InChI=1S/C24H19FN2O2/c25-19-6-3-5-16(12-19)17-8-9-20(26-13-17)10-11-22-21-7-2-1-4-18(21)14-27-23(22)15-29-24(27)28/h1-13,22-23H,14-15H2. The van der Waals surface area contributed by atoms with Gasteiger partial charge in [-0.2, -0.15) is 0 Å².